The minimum atomic E-state index is -4.77. The molecule has 0 fully saturated rings. The normalized spacial score (nSPS) is 13.6. The van der Waals surface area contributed by atoms with Gasteiger partial charge in [-0.3, -0.25) is 4.98 Å². The molecule has 1 atom stereocenters. The Morgan fingerprint density at radius 1 is 0.946 bits per heavy atom. The highest BCUT2D eigenvalue weighted by molar-refractivity contribution is 5.88. The average molecular weight is 505 g/mol. The zero-order valence-electron chi connectivity index (χ0n) is 20.0. The third-order valence-corrected chi connectivity index (χ3v) is 6.48. The molecule has 0 aliphatic carbocycles. The van der Waals surface area contributed by atoms with Gasteiger partial charge in [-0.25, -0.2) is 9.97 Å². The summed E-state index contributed by atoms with van der Waals surface area (Å²) in [6.45, 7) is 1.82. The van der Waals surface area contributed by atoms with Crippen molar-refractivity contribution in [3.05, 3.63) is 119 Å². The van der Waals surface area contributed by atoms with Crippen LogP contribution in [-0.2, 0) is 25.2 Å². The molecule has 188 valence electrons. The molecule has 3 aromatic heterocycles. The summed E-state index contributed by atoms with van der Waals surface area (Å²) in [5, 5.41) is 23.4. The first kappa shape index (κ1) is 24.5. The molecule has 9 heteroatoms. The van der Waals surface area contributed by atoms with E-state index in [1.807, 2.05) is 6.92 Å². The summed E-state index contributed by atoms with van der Waals surface area (Å²) in [7, 11) is 1.72. The van der Waals surface area contributed by atoms with Crippen molar-refractivity contribution < 1.29 is 23.4 Å². The van der Waals surface area contributed by atoms with E-state index in [0.29, 0.717) is 22.4 Å². The Bertz CT molecular complexity index is 1580. The third-order valence-electron chi connectivity index (χ3n) is 6.48. The molecule has 0 saturated heterocycles. The molecule has 2 aromatic carbocycles. The second-order valence-electron chi connectivity index (χ2n) is 8.97. The lowest BCUT2D eigenvalue weighted by Gasteiger charge is -2.30. The van der Waals surface area contributed by atoms with Gasteiger partial charge >= 0.3 is 6.18 Å². The lowest BCUT2D eigenvalue weighted by molar-refractivity contribution is -0.141. The fourth-order valence-corrected chi connectivity index (χ4v) is 4.56. The quantitative estimate of drug-likeness (QED) is 0.341. The number of imidazole rings is 1. The lowest BCUT2D eigenvalue weighted by atomic mass is 9.83. The molecule has 0 radical (unpaired) electrons. The number of aromatic nitrogens is 4. The van der Waals surface area contributed by atoms with Crippen LogP contribution < -0.4 is 0 Å². The predicted molar refractivity (Wildman–Crippen MR) is 132 cm³/mol. The van der Waals surface area contributed by atoms with Gasteiger partial charge in [-0.1, -0.05) is 42.5 Å². The van der Waals surface area contributed by atoms with Crippen molar-refractivity contribution in [1.29, 1.82) is 0 Å². The third kappa shape index (κ3) is 4.31. The van der Waals surface area contributed by atoms with Crippen molar-refractivity contribution in [3.8, 4) is 5.75 Å². The molecule has 0 bridgehead atoms. The van der Waals surface area contributed by atoms with Gasteiger partial charge in [0, 0.05) is 41.9 Å². The first-order chi connectivity index (χ1) is 17.6. The van der Waals surface area contributed by atoms with Gasteiger partial charge in [0.25, 0.3) is 0 Å². The van der Waals surface area contributed by atoms with E-state index in [4.69, 9.17) is 0 Å². The maximum Gasteiger partial charge on any atom is 0.433 e. The predicted octanol–water partition coefficient (Wildman–Crippen LogP) is 5.27. The van der Waals surface area contributed by atoms with E-state index in [1.165, 1.54) is 36.9 Å². The summed E-state index contributed by atoms with van der Waals surface area (Å²) in [4.78, 5) is 12.3. The minimum absolute atomic E-state index is 0.0419. The van der Waals surface area contributed by atoms with Gasteiger partial charge in [0.2, 0.25) is 0 Å². The van der Waals surface area contributed by atoms with E-state index in [-0.39, 0.29) is 22.9 Å². The Labute approximate surface area is 210 Å². The van der Waals surface area contributed by atoms with E-state index in [2.05, 4.69) is 15.0 Å². The van der Waals surface area contributed by atoms with E-state index < -0.39 is 23.2 Å². The summed E-state index contributed by atoms with van der Waals surface area (Å²) < 4.78 is 43.6. The molecule has 0 spiro atoms. The first-order valence-electron chi connectivity index (χ1n) is 11.5. The molecule has 5 aromatic rings. The minimum Gasteiger partial charge on any atom is -0.507 e. The molecule has 0 aliphatic rings. The molecule has 5 rings (SSSR count). The fourth-order valence-electron chi connectivity index (χ4n) is 4.56. The molecule has 0 amide bonds. The molecule has 0 saturated carbocycles. The Morgan fingerprint density at radius 3 is 2.30 bits per heavy atom. The number of nitrogens with zero attached hydrogens (tertiary/aromatic N) is 4. The molecule has 6 nitrogen and oxygen atoms in total. The number of benzene rings is 2. The number of pyridine rings is 2. The molecule has 0 aliphatic heterocycles. The zero-order valence-corrected chi connectivity index (χ0v) is 20.0. The maximum atomic E-state index is 14.0. The Balaban J connectivity index is 1.76. The Hall–Kier alpha value is -4.24. The Kier molecular flexibility index (Phi) is 5.95. The molecule has 3 heterocycles. The van der Waals surface area contributed by atoms with Crippen LogP contribution in [0.15, 0.2) is 79.4 Å². The van der Waals surface area contributed by atoms with Crippen LogP contribution >= 0.6 is 0 Å². The van der Waals surface area contributed by atoms with Crippen LogP contribution in [0, 0.1) is 6.92 Å². The average Bonchev–Trinajstić information content (AvgIpc) is 3.31. The molecule has 37 heavy (non-hydrogen) atoms. The second-order valence-corrected chi connectivity index (χ2v) is 8.97. The standard InChI is InChI=1S/C28H23F3N4O2/c1-17-8-9-20(14-33-17)27(37,24-15-32-16-35(24)2)19-10-11-23-21(13-19)25(36)22(26(34-23)28(29,30)31)12-18-6-4-3-5-7-18/h3-11,13-16,37H,12H2,1-2H3,(H,34,36). The molecular formula is C28H23F3N4O2. The number of aryl methyl sites for hydroxylation is 2. The number of rotatable bonds is 5. The number of aromatic hydroxyl groups is 1. The van der Waals surface area contributed by atoms with Crippen molar-refractivity contribution in [2.75, 3.05) is 0 Å². The SMILES string of the molecule is Cc1ccc(C(O)(c2ccc3nc(C(F)(F)F)c(Cc4ccccc4)c(O)c3c2)c2cncn2C)cn1. The number of aliphatic hydroxyl groups is 1. The van der Waals surface area contributed by atoms with Gasteiger partial charge in [0.15, 0.2) is 11.3 Å². The first-order valence-corrected chi connectivity index (χ1v) is 11.5. The zero-order chi connectivity index (χ0) is 26.4. The smallest absolute Gasteiger partial charge is 0.433 e. The number of halogens is 3. The van der Waals surface area contributed by atoms with Crippen LogP contribution in [0.5, 0.6) is 5.75 Å². The van der Waals surface area contributed by atoms with Crippen molar-refractivity contribution >= 4 is 10.9 Å². The Morgan fingerprint density at radius 2 is 1.68 bits per heavy atom. The highest BCUT2D eigenvalue weighted by atomic mass is 19.4. The molecular weight excluding hydrogens is 481 g/mol. The van der Waals surface area contributed by atoms with Crippen molar-refractivity contribution in [2.24, 2.45) is 7.05 Å². The topological polar surface area (TPSA) is 84.1 Å². The van der Waals surface area contributed by atoms with Gasteiger partial charge in [0.1, 0.15) is 5.75 Å². The van der Waals surface area contributed by atoms with Gasteiger partial charge in [-0.2, -0.15) is 13.2 Å². The summed E-state index contributed by atoms with van der Waals surface area (Å²) in [5.74, 6) is -0.530. The van der Waals surface area contributed by atoms with Gasteiger partial charge in [-0.05, 0) is 36.2 Å². The van der Waals surface area contributed by atoms with Crippen LogP contribution in [-0.4, -0.2) is 29.7 Å². The van der Waals surface area contributed by atoms with Gasteiger partial charge in [-0.15, -0.1) is 0 Å². The maximum absolute atomic E-state index is 14.0. The van der Waals surface area contributed by atoms with Crippen molar-refractivity contribution in [1.82, 2.24) is 19.5 Å². The highest BCUT2D eigenvalue weighted by Crippen LogP contribution is 2.42. The van der Waals surface area contributed by atoms with E-state index >= 15 is 0 Å². The van der Waals surface area contributed by atoms with Crippen molar-refractivity contribution in [2.45, 2.75) is 25.1 Å². The van der Waals surface area contributed by atoms with Crippen LogP contribution in [0.3, 0.4) is 0 Å². The number of hydrogen-bond donors (Lipinski definition) is 2. The van der Waals surface area contributed by atoms with Gasteiger partial charge in [0.05, 0.1) is 23.7 Å². The summed E-state index contributed by atoms with van der Waals surface area (Å²) in [6.07, 6.45) is -0.344. The summed E-state index contributed by atoms with van der Waals surface area (Å²) in [6, 6.07) is 16.4. The lowest BCUT2D eigenvalue weighted by Crippen LogP contribution is -2.31. The van der Waals surface area contributed by atoms with Crippen LogP contribution in [0.4, 0.5) is 13.2 Å². The van der Waals surface area contributed by atoms with Crippen LogP contribution in [0.25, 0.3) is 10.9 Å². The fraction of sp³-hybridized carbons (Fsp3) is 0.179. The van der Waals surface area contributed by atoms with Crippen molar-refractivity contribution in [3.63, 3.8) is 0 Å². The van der Waals surface area contributed by atoms with E-state index in [1.54, 1.807) is 54.1 Å². The monoisotopic (exact) mass is 504 g/mol. The number of alkyl halides is 3. The largest absolute Gasteiger partial charge is 0.507 e. The second kappa shape index (κ2) is 9.01. The van der Waals surface area contributed by atoms with Gasteiger partial charge < -0.3 is 14.8 Å². The van der Waals surface area contributed by atoms with Crippen LogP contribution in [0.2, 0.25) is 0 Å². The number of fused-ring (bicyclic) bond motifs is 1. The van der Waals surface area contributed by atoms with Crippen LogP contribution in [0.1, 0.15) is 39.3 Å². The number of hydrogen-bond acceptors (Lipinski definition) is 5. The molecule has 2 N–H and O–H groups in total. The highest BCUT2D eigenvalue weighted by Gasteiger charge is 2.39. The van der Waals surface area contributed by atoms with E-state index in [0.717, 1.165) is 5.69 Å². The summed E-state index contributed by atoms with van der Waals surface area (Å²) >= 11 is 0. The van der Waals surface area contributed by atoms with E-state index in [9.17, 15) is 23.4 Å². The summed E-state index contributed by atoms with van der Waals surface area (Å²) in [5.41, 5.74) is -0.750. The molecule has 1 unspecified atom stereocenters.